The zero-order valence-corrected chi connectivity index (χ0v) is 13.7. The number of aromatic nitrogens is 2. The number of nitrogens with zero attached hydrogens (tertiary/aromatic N) is 3. The quantitative estimate of drug-likeness (QED) is 0.794. The van der Waals surface area contributed by atoms with Crippen LogP contribution in [0.25, 0.3) is 11.5 Å². The maximum atomic E-state index is 5.42. The lowest BCUT2D eigenvalue weighted by Gasteiger charge is -2.28. The highest BCUT2D eigenvalue weighted by Crippen LogP contribution is 2.32. The molecule has 2 fully saturated rings. The largest absolute Gasteiger partial charge is 0.334 e. The second-order valence-corrected chi connectivity index (χ2v) is 7.47. The van der Waals surface area contributed by atoms with Crippen LogP contribution in [0.15, 0.2) is 21.3 Å². The molecule has 0 spiro atoms. The molecular formula is C17H23N3OS. The van der Waals surface area contributed by atoms with Gasteiger partial charge in [-0.25, -0.2) is 0 Å². The molecule has 0 radical (unpaired) electrons. The molecule has 2 aliphatic rings. The fraction of sp³-hybridized carbons (Fsp3) is 0.647. The average molecular weight is 317 g/mol. The molecule has 0 bridgehead atoms. The summed E-state index contributed by atoms with van der Waals surface area (Å²) in [5, 5.41) is 8.29. The minimum absolute atomic E-state index is 0.657. The number of thiophene rings is 1. The molecule has 0 atom stereocenters. The molecule has 0 saturated heterocycles. The Labute approximate surface area is 135 Å². The summed E-state index contributed by atoms with van der Waals surface area (Å²) in [6.45, 7) is 2.06. The first kappa shape index (κ1) is 14.4. The molecule has 0 N–H and O–H groups in total. The van der Waals surface area contributed by atoms with Gasteiger partial charge in [0, 0.05) is 18.0 Å². The van der Waals surface area contributed by atoms with Crippen molar-refractivity contribution in [1.82, 2.24) is 15.0 Å². The van der Waals surface area contributed by atoms with Crippen molar-refractivity contribution in [3.8, 4) is 11.5 Å². The summed E-state index contributed by atoms with van der Waals surface area (Å²) in [5.41, 5.74) is 1.04. The summed E-state index contributed by atoms with van der Waals surface area (Å²) in [4.78, 5) is 7.18. The molecule has 4 rings (SSSR count). The van der Waals surface area contributed by atoms with E-state index in [4.69, 9.17) is 4.52 Å². The van der Waals surface area contributed by atoms with Gasteiger partial charge in [0.2, 0.25) is 0 Å². The van der Waals surface area contributed by atoms with Crippen LogP contribution in [-0.4, -0.2) is 27.6 Å². The van der Waals surface area contributed by atoms with Crippen molar-refractivity contribution >= 4 is 11.3 Å². The Kier molecular flexibility index (Phi) is 4.26. The van der Waals surface area contributed by atoms with Gasteiger partial charge in [-0.1, -0.05) is 24.4 Å². The Morgan fingerprint density at radius 3 is 2.77 bits per heavy atom. The summed E-state index contributed by atoms with van der Waals surface area (Å²) in [5.74, 6) is 2.37. The van der Waals surface area contributed by atoms with E-state index in [0.717, 1.165) is 29.9 Å². The van der Waals surface area contributed by atoms with E-state index in [1.54, 1.807) is 11.3 Å². The SMILES string of the molecule is c1cc(-c2nc(CN(CC3CCCCC3)C3CC3)no2)cs1. The van der Waals surface area contributed by atoms with Gasteiger partial charge in [0.05, 0.1) is 12.1 Å². The molecule has 22 heavy (non-hydrogen) atoms. The predicted molar refractivity (Wildman–Crippen MR) is 87.6 cm³/mol. The van der Waals surface area contributed by atoms with Crippen molar-refractivity contribution in [2.45, 2.75) is 57.5 Å². The van der Waals surface area contributed by atoms with Crippen LogP contribution in [0.4, 0.5) is 0 Å². The van der Waals surface area contributed by atoms with E-state index in [1.165, 1.54) is 51.5 Å². The second kappa shape index (κ2) is 6.50. The topological polar surface area (TPSA) is 42.2 Å². The Bertz CT molecular complexity index is 585. The van der Waals surface area contributed by atoms with Crippen molar-refractivity contribution in [1.29, 1.82) is 0 Å². The van der Waals surface area contributed by atoms with E-state index in [-0.39, 0.29) is 0 Å². The first-order valence-electron chi connectivity index (χ1n) is 8.48. The summed E-state index contributed by atoms with van der Waals surface area (Å²) < 4.78 is 5.42. The minimum atomic E-state index is 0.657. The van der Waals surface area contributed by atoms with E-state index < -0.39 is 0 Å². The van der Waals surface area contributed by atoms with Gasteiger partial charge in [-0.15, -0.1) is 0 Å². The van der Waals surface area contributed by atoms with E-state index >= 15 is 0 Å². The lowest BCUT2D eigenvalue weighted by Crippen LogP contribution is -2.32. The molecule has 2 aromatic heterocycles. The Morgan fingerprint density at radius 2 is 2.05 bits per heavy atom. The highest BCUT2D eigenvalue weighted by molar-refractivity contribution is 7.08. The van der Waals surface area contributed by atoms with E-state index in [1.807, 2.05) is 11.4 Å². The highest BCUT2D eigenvalue weighted by atomic mass is 32.1. The van der Waals surface area contributed by atoms with Crippen molar-refractivity contribution in [2.75, 3.05) is 6.54 Å². The summed E-state index contributed by atoms with van der Waals surface area (Å²) >= 11 is 1.66. The molecule has 118 valence electrons. The van der Waals surface area contributed by atoms with Gasteiger partial charge in [0.15, 0.2) is 5.82 Å². The Morgan fingerprint density at radius 1 is 1.18 bits per heavy atom. The fourth-order valence-electron chi connectivity index (χ4n) is 3.49. The number of hydrogen-bond donors (Lipinski definition) is 0. The molecule has 2 heterocycles. The van der Waals surface area contributed by atoms with Crippen molar-refractivity contribution < 1.29 is 4.52 Å². The zero-order valence-electron chi connectivity index (χ0n) is 12.9. The van der Waals surface area contributed by atoms with Gasteiger partial charge >= 0.3 is 0 Å². The smallest absolute Gasteiger partial charge is 0.258 e. The van der Waals surface area contributed by atoms with Crippen molar-refractivity contribution in [2.24, 2.45) is 5.92 Å². The summed E-state index contributed by atoms with van der Waals surface area (Å²) in [7, 11) is 0. The van der Waals surface area contributed by atoms with Crippen LogP contribution in [0.5, 0.6) is 0 Å². The van der Waals surface area contributed by atoms with Gasteiger partial charge in [-0.3, -0.25) is 4.90 Å². The van der Waals surface area contributed by atoms with Crippen molar-refractivity contribution in [3.05, 3.63) is 22.7 Å². The summed E-state index contributed by atoms with van der Waals surface area (Å²) in [6.07, 6.45) is 9.71. The molecule has 0 aromatic carbocycles. The first-order valence-corrected chi connectivity index (χ1v) is 9.42. The lowest BCUT2D eigenvalue weighted by atomic mass is 9.89. The van der Waals surface area contributed by atoms with Crippen LogP contribution in [0.3, 0.4) is 0 Å². The molecule has 0 amide bonds. The molecule has 4 nitrogen and oxygen atoms in total. The number of rotatable bonds is 6. The molecule has 0 aliphatic heterocycles. The molecule has 2 saturated carbocycles. The van der Waals surface area contributed by atoms with E-state index in [2.05, 4.69) is 20.4 Å². The molecular weight excluding hydrogens is 294 g/mol. The van der Waals surface area contributed by atoms with Gasteiger partial charge in [-0.05, 0) is 43.0 Å². The van der Waals surface area contributed by atoms with Crippen LogP contribution in [0.1, 0.15) is 50.8 Å². The van der Waals surface area contributed by atoms with Crippen LogP contribution in [0, 0.1) is 5.92 Å². The molecule has 2 aromatic rings. The number of hydrogen-bond acceptors (Lipinski definition) is 5. The monoisotopic (exact) mass is 317 g/mol. The van der Waals surface area contributed by atoms with Gasteiger partial charge < -0.3 is 4.52 Å². The Balaban J connectivity index is 1.41. The van der Waals surface area contributed by atoms with E-state index in [9.17, 15) is 0 Å². The standard InChI is InChI=1S/C17H23N3OS/c1-2-4-13(5-3-1)10-20(15-6-7-15)11-16-18-17(21-19-16)14-8-9-22-12-14/h8-9,12-13,15H,1-7,10-11H2. The third-order valence-corrected chi connectivity index (χ3v) is 5.54. The van der Waals surface area contributed by atoms with Crippen LogP contribution < -0.4 is 0 Å². The van der Waals surface area contributed by atoms with Gasteiger partial charge in [0.1, 0.15) is 0 Å². The third kappa shape index (κ3) is 3.41. The maximum Gasteiger partial charge on any atom is 0.258 e. The van der Waals surface area contributed by atoms with Gasteiger partial charge in [-0.2, -0.15) is 16.3 Å². The lowest BCUT2D eigenvalue weighted by molar-refractivity contribution is 0.180. The predicted octanol–water partition coefficient (Wildman–Crippen LogP) is 4.34. The van der Waals surface area contributed by atoms with Crippen LogP contribution in [0.2, 0.25) is 0 Å². The maximum absolute atomic E-state index is 5.42. The normalized spacial score (nSPS) is 19.9. The molecule has 2 aliphatic carbocycles. The third-order valence-electron chi connectivity index (χ3n) is 4.86. The summed E-state index contributed by atoms with van der Waals surface area (Å²) in [6, 6.07) is 2.79. The van der Waals surface area contributed by atoms with Gasteiger partial charge in [0.25, 0.3) is 5.89 Å². The molecule has 0 unspecified atom stereocenters. The average Bonchev–Trinajstić information content (AvgIpc) is 3.06. The highest BCUT2D eigenvalue weighted by Gasteiger charge is 2.32. The van der Waals surface area contributed by atoms with Crippen LogP contribution in [-0.2, 0) is 6.54 Å². The van der Waals surface area contributed by atoms with E-state index in [0.29, 0.717) is 5.89 Å². The molecule has 5 heteroatoms. The first-order chi connectivity index (χ1) is 10.9. The van der Waals surface area contributed by atoms with Crippen LogP contribution >= 0.6 is 11.3 Å². The minimum Gasteiger partial charge on any atom is -0.334 e. The second-order valence-electron chi connectivity index (χ2n) is 6.69. The fourth-order valence-corrected chi connectivity index (χ4v) is 4.12. The Hall–Kier alpha value is -1.20. The zero-order chi connectivity index (χ0) is 14.8. The van der Waals surface area contributed by atoms with Crippen molar-refractivity contribution in [3.63, 3.8) is 0 Å².